The van der Waals surface area contributed by atoms with Gasteiger partial charge in [-0.15, -0.1) is 0 Å². The van der Waals surface area contributed by atoms with Gasteiger partial charge in [0.15, 0.2) is 0 Å². The van der Waals surface area contributed by atoms with Crippen molar-refractivity contribution in [3.05, 3.63) is 29.5 Å². The van der Waals surface area contributed by atoms with Gasteiger partial charge in [0.05, 0.1) is 5.56 Å². The predicted molar refractivity (Wildman–Crippen MR) is 59.6 cm³/mol. The number of rotatable bonds is 1. The molecule has 0 saturated carbocycles. The molecule has 1 aromatic heterocycles. The van der Waals surface area contributed by atoms with Crippen molar-refractivity contribution in [2.75, 3.05) is 0 Å². The minimum absolute atomic E-state index is 0.323. The Morgan fingerprint density at radius 2 is 2.13 bits per heavy atom. The third kappa shape index (κ3) is 1.39. The Morgan fingerprint density at radius 3 is 2.73 bits per heavy atom. The molecule has 0 spiro atoms. The van der Waals surface area contributed by atoms with Crippen molar-refractivity contribution in [1.29, 1.82) is 5.26 Å². The Kier molecular flexibility index (Phi) is 2.20. The van der Waals surface area contributed by atoms with Gasteiger partial charge in [-0.1, -0.05) is 12.1 Å². The van der Waals surface area contributed by atoms with Gasteiger partial charge in [0.1, 0.15) is 11.6 Å². The lowest BCUT2D eigenvalue weighted by Crippen LogP contribution is -2.04. The highest BCUT2D eigenvalue weighted by atomic mass is 15.3. The predicted octanol–water partition coefficient (Wildman–Crippen LogP) is 2.80. The van der Waals surface area contributed by atoms with Crippen LogP contribution in [0.25, 0.3) is 10.9 Å². The Hall–Kier alpha value is -1.82. The van der Waals surface area contributed by atoms with Crippen molar-refractivity contribution < 1.29 is 0 Å². The summed E-state index contributed by atoms with van der Waals surface area (Å²) in [6.07, 6.45) is 0. The topological polar surface area (TPSA) is 41.6 Å². The summed E-state index contributed by atoms with van der Waals surface area (Å²) in [5, 5.41) is 14.5. The van der Waals surface area contributed by atoms with E-state index < -0.39 is 0 Å². The number of nitrogens with zero attached hydrogens (tertiary/aromatic N) is 3. The summed E-state index contributed by atoms with van der Waals surface area (Å²) in [5.74, 6) is 0. The SMILES string of the molecule is Cc1c2cccc(C#N)c2nn1C(C)C. The molecule has 0 unspecified atom stereocenters. The first-order valence-corrected chi connectivity index (χ1v) is 5.03. The second-order valence-corrected chi connectivity index (χ2v) is 3.94. The smallest absolute Gasteiger partial charge is 0.110 e. The maximum absolute atomic E-state index is 8.98. The minimum Gasteiger partial charge on any atom is -0.266 e. The molecule has 0 aliphatic carbocycles. The third-order valence-electron chi connectivity index (χ3n) is 2.59. The molecule has 2 rings (SSSR count). The maximum atomic E-state index is 8.98. The largest absolute Gasteiger partial charge is 0.266 e. The van der Waals surface area contributed by atoms with Gasteiger partial charge in [0.2, 0.25) is 0 Å². The van der Waals surface area contributed by atoms with Crippen LogP contribution in [0.15, 0.2) is 18.2 Å². The highest BCUT2D eigenvalue weighted by molar-refractivity contribution is 5.86. The third-order valence-corrected chi connectivity index (χ3v) is 2.59. The molecule has 0 saturated heterocycles. The maximum Gasteiger partial charge on any atom is 0.110 e. The van der Waals surface area contributed by atoms with E-state index in [0.717, 1.165) is 16.6 Å². The fourth-order valence-corrected chi connectivity index (χ4v) is 1.84. The zero-order valence-electron chi connectivity index (χ0n) is 9.15. The molecule has 3 heteroatoms. The lowest BCUT2D eigenvalue weighted by molar-refractivity contribution is 0.524. The fraction of sp³-hybridized carbons (Fsp3) is 0.333. The summed E-state index contributed by atoms with van der Waals surface area (Å²) >= 11 is 0. The number of benzene rings is 1. The van der Waals surface area contributed by atoms with Gasteiger partial charge in [-0.2, -0.15) is 10.4 Å². The van der Waals surface area contributed by atoms with Crippen LogP contribution in [0, 0.1) is 18.3 Å². The van der Waals surface area contributed by atoms with E-state index in [9.17, 15) is 0 Å². The Labute approximate surface area is 88.9 Å². The lowest BCUT2D eigenvalue weighted by atomic mass is 10.1. The molecule has 0 amide bonds. The molecule has 0 aliphatic heterocycles. The highest BCUT2D eigenvalue weighted by Gasteiger charge is 2.11. The van der Waals surface area contributed by atoms with Crippen LogP contribution in [0.1, 0.15) is 31.1 Å². The van der Waals surface area contributed by atoms with E-state index in [1.165, 1.54) is 0 Å². The summed E-state index contributed by atoms with van der Waals surface area (Å²) in [5.41, 5.74) is 2.58. The van der Waals surface area contributed by atoms with Crippen LogP contribution in [0.5, 0.6) is 0 Å². The second kappa shape index (κ2) is 3.39. The molecule has 0 fully saturated rings. The fourth-order valence-electron chi connectivity index (χ4n) is 1.84. The van der Waals surface area contributed by atoms with E-state index in [-0.39, 0.29) is 0 Å². The molecule has 0 radical (unpaired) electrons. The van der Waals surface area contributed by atoms with Gasteiger partial charge < -0.3 is 0 Å². The van der Waals surface area contributed by atoms with Crippen molar-refractivity contribution in [3.8, 4) is 6.07 Å². The average Bonchev–Trinajstić information content (AvgIpc) is 2.56. The molecule has 0 atom stereocenters. The van der Waals surface area contributed by atoms with Crippen molar-refractivity contribution in [2.45, 2.75) is 26.8 Å². The molecule has 0 N–H and O–H groups in total. The first-order valence-electron chi connectivity index (χ1n) is 5.03. The summed E-state index contributed by atoms with van der Waals surface area (Å²) < 4.78 is 1.96. The second-order valence-electron chi connectivity index (χ2n) is 3.94. The van der Waals surface area contributed by atoms with Gasteiger partial charge in [-0.3, -0.25) is 4.68 Å². The molecular weight excluding hydrogens is 186 g/mol. The quantitative estimate of drug-likeness (QED) is 0.708. The molecule has 1 aromatic carbocycles. The lowest BCUT2D eigenvalue weighted by Gasteiger charge is -2.06. The normalized spacial score (nSPS) is 10.9. The summed E-state index contributed by atoms with van der Waals surface area (Å²) in [6.45, 7) is 6.21. The van der Waals surface area contributed by atoms with E-state index in [1.807, 2.05) is 23.7 Å². The van der Waals surface area contributed by atoms with Crippen LogP contribution in [0.3, 0.4) is 0 Å². The molecule has 15 heavy (non-hydrogen) atoms. The number of aromatic nitrogens is 2. The van der Waals surface area contributed by atoms with Gasteiger partial charge in [0, 0.05) is 17.1 Å². The monoisotopic (exact) mass is 199 g/mol. The Morgan fingerprint density at radius 1 is 1.40 bits per heavy atom. The zero-order valence-corrected chi connectivity index (χ0v) is 9.15. The number of nitriles is 1. The summed E-state index contributed by atoms with van der Waals surface area (Å²) in [7, 11) is 0. The zero-order chi connectivity index (χ0) is 11.0. The van der Waals surface area contributed by atoms with E-state index in [0.29, 0.717) is 11.6 Å². The minimum atomic E-state index is 0.323. The number of aryl methyl sites for hydroxylation is 1. The van der Waals surface area contributed by atoms with Crippen LogP contribution < -0.4 is 0 Å². The molecule has 0 bridgehead atoms. The van der Waals surface area contributed by atoms with Crippen molar-refractivity contribution in [3.63, 3.8) is 0 Å². The Balaban J connectivity index is 2.82. The first-order chi connectivity index (χ1) is 7.15. The van der Waals surface area contributed by atoms with Crippen LogP contribution in [0.4, 0.5) is 0 Å². The molecule has 1 heterocycles. The van der Waals surface area contributed by atoms with E-state index in [4.69, 9.17) is 5.26 Å². The van der Waals surface area contributed by atoms with Gasteiger partial charge in [-0.25, -0.2) is 0 Å². The van der Waals surface area contributed by atoms with Gasteiger partial charge >= 0.3 is 0 Å². The van der Waals surface area contributed by atoms with Crippen LogP contribution in [-0.2, 0) is 0 Å². The van der Waals surface area contributed by atoms with E-state index in [1.54, 1.807) is 6.07 Å². The summed E-state index contributed by atoms with van der Waals surface area (Å²) in [4.78, 5) is 0. The molecule has 0 aliphatic rings. The highest BCUT2D eigenvalue weighted by Crippen LogP contribution is 2.22. The number of hydrogen-bond acceptors (Lipinski definition) is 2. The van der Waals surface area contributed by atoms with Gasteiger partial charge in [0.25, 0.3) is 0 Å². The standard InChI is InChI=1S/C12H13N3/c1-8(2)15-9(3)11-6-4-5-10(7-13)12(11)14-15/h4-6,8H,1-3H3. The van der Waals surface area contributed by atoms with Crippen LogP contribution >= 0.6 is 0 Å². The van der Waals surface area contributed by atoms with Crippen molar-refractivity contribution >= 4 is 10.9 Å². The summed E-state index contributed by atoms with van der Waals surface area (Å²) in [6, 6.07) is 8.22. The molecule has 2 aromatic rings. The van der Waals surface area contributed by atoms with E-state index >= 15 is 0 Å². The molecule has 3 nitrogen and oxygen atoms in total. The van der Waals surface area contributed by atoms with Gasteiger partial charge in [-0.05, 0) is 26.8 Å². The molecule has 76 valence electrons. The molecular formula is C12H13N3. The van der Waals surface area contributed by atoms with Crippen molar-refractivity contribution in [2.24, 2.45) is 0 Å². The number of hydrogen-bond donors (Lipinski definition) is 0. The van der Waals surface area contributed by atoms with Crippen molar-refractivity contribution in [1.82, 2.24) is 9.78 Å². The van der Waals surface area contributed by atoms with E-state index in [2.05, 4.69) is 25.0 Å². The first kappa shape index (κ1) is 9.72. The Bertz CT molecular complexity index is 544. The average molecular weight is 199 g/mol. The number of fused-ring (bicyclic) bond motifs is 1. The van der Waals surface area contributed by atoms with Crippen LogP contribution in [-0.4, -0.2) is 9.78 Å². The van der Waals surface area contributed by atoms with Crippen LogP contribution in [0.2, 0.25) is 0 Å².